The Morgan fingerprint density at radius 2 is 2.09 bits per heavy atom. The van der Waals surface area contributed by atoms with Crippen molar-refractivity contribution in [3.8, 4) is 0 Å². The van der Waals surface area contributed by atoms with Crippen molar-refractivity contribution in [3.63, 3.8) is 0 Å². The van der Waals surface area contributed by atoms with Gasteiger partial charge in [-0.1, -0.05) is 51.0 Å². The van der Waals surface area contributed by atoms with E-state index in [9.17, 15) is 0 Å². The van der Waals surface area contributed by atoms with Gasteiger partial charge in [-0.2, -0.15) is 0 Å². The second kappa shape index (κ2) is 3.25. The Hall–Kier alpha value is -0.520. The summed E-state index contributed by atoms with van der Waals surface area (Å²) in [7, 11) is 0. The van der Waals surface area contributed by atoms with Crippen LogP contribution in [0.15, 0.2) is 23.8 Å². The zero-order valence-electron chi connectivity index (χ0n) is 7.85. The van der Waals surface area contributed by atoms with Crippen LogP contribution in [0.4, 0.5) is 0 Å². The molecule has 1 rings (SSSR count). The second-order valence-electron chi connectivity index (χ2n) is 3.88. The Balaban J connectivity index is 2.48. The maximum Gasteiger partial charge on any atom is 0.00404 e. The zero-order chi connectivity index (χ0) is 8.32. The van der Waals surface area contributed by atoms with Gasteiger partial charge in [0.2, 0.25) is 0 Å². The molecule has 0 spiro atoms. The van der Waals surface area contributed by atoms with Gasteiger partial charge in [0, 0.05) is 5.41 Å². The standard InChI is InChI=1S/C11H18/c1-4-5-7-10-8-6-9-11(10,2)3/h6,8-9H,4-5,7H2,1-3H3. The van der Waals surface area contributed by atoms with Crippen LogP contribution in [-0.4, -0.2) is 0 Å². The van der Waals surface area contributed by atoms with Crippen molar-refractivity contribution in [1.82, 2.24) is 0 Å². The summed E-state index contributed by atoms with van der Waals surface area (Å²) in [5, 5.41) is 0. The third kappa shape index (κ3) is 1.95. The van der Waals surface area contributed by atoms with Crippen molar-refractivity contribution in [1.29, 1.82) is 0 Å². The van der Waals surface area contributed by atoms with Crippen LogP contribution < -0.4 is 0 Å². The fourth-order valence-corrected chi connectivity index (χ4v) is 1.50. The number of allylic oxidation sites excluding steroid dienone is 4. The van der Waals surface area contributed by atoms with Crippen molar-refractivity contribution in [2.45, 2.75) is 40.0 Å². The van der Waals surface area contributed by atoms with Gasteiger partial charge < -0.3 is 0 Å². The lowest BCUT2D eigenvalue weighted by molar-refractivity contribution is 0.550. The molecule has 0 aliphatic heterocycles. The maximum atomic E-state index is 2.29. The number of unbranched alkanes of at least 4 members (excludes halogenated alkanes) is 1. The average molecular weight is 150 g/mol. The Bertz CT molecular complexity index is 182. The third-order valence-corrected chi connectivity index (χ3v) is 2.44. The van der Waals surface area contributed by atoms with E-state index < -0.39 is 0 Å². The van der Waals surface area contributed by atoms with Crippen LogP contribution >= 0.6 is 0 Å². The molecule has 0 heterocycles. The molecule has 0 aromatic rings. The van der Waals surface area contributed by atoms with Crippen LogP contribution in [0.1, 0.15) is 40.0 Å². The SMILES string of the molecule is CCCCC1=CC=CC1(C)C. The van der Waals surface area contributed by atoms with Crippen LogP contribution in [0, 0.1) is 5.41 Å². The summed E-state index contributed by atoms with van der Waals surface area (Å²) >= 11 is 0. The molecular formula is C11H18. The monoisotopic (exact) mass is 150 g/mol. The zero-order valence-corrected chi connectivity index (χ0v) is 7.85. The van der Waals surface area contributed by atoms with E-state index in [1.807, 2.05) is 0 Å². The normalized spacial score (nSPS) is 20.5. The molecule has 62 valence electrons. The van der Waals surface area contributed by atoms with Crippen molar-refractivity contribution in [2.75, 3.05) is 0 Å². The Labute approximate surface area is 70.0 Å². The first kappa shape index (κ1) is 8.58. The highest BCUT2D eigenvalue weighted by molar-refractivity contribution is 5.31. The first-order valence-corrected chi connectivity index (χ1v) is 4.55. The molecule has 0 aromatic heterocycles. The second-order valence-corrected chi connectivity index (χ2v) is 3.88. The lowest BCUT2D eigenvalue weighted by atomic mass is 9.85. The van der Waals surface area contributed by atoms with Gasteiger partial charge in [0.15, 0.2) is 0 Å². The Morgan fingerprint density at radius 3 is 2.55 bits per heavy atom. The van der Waals surface area contributed by atoms with Gasteiger partial charge in [0.05, 0.1) is 0 Å². The Kier molecular flexibility index (Phi) is 2.53. The summed E-state index contributed by atoms with van der Waals surface area (Å²) in [5.74, 6) is 0. The average Bonchev–Trinajstić information content (AvgIpc) is 2.25. The van der Waals surface area contributed by atoms with E-state index in [2.05, 4.69) is 39.0 Å². The highest BCUT2D eigenvalue weighted by atomic mass is 14.3. The molecular weight excluding hydrogens is 132 g/mol. The molecule has 0 amide bonds. The van der Waals surface area contributed by atoms with Crippen LogP contribution in [0.5, 0.6) is 0 Å². The van der Waals surface area contributed by atoms with Crippen molar-refractivity contribution >= 4 is 0 Å². The third-order valence-electron chi connectivity index (χ3n) is 2.44. The summed E-state index contributed by atoms with van der Waals surface area (Å²) in [5.41, 5.74) is 1.94. The van der Waals surface area contributed by atoms with Crippen LogP contribution in [-0.2, 0) is 0 Å². The number of rotatable bonds is 3. The molecule has 1 aliphatic rings. The molecule has 0 fully saturated rings. The highest BCUT2D eigenvalue weighted by Crippen LogP contribution is 2.35. The predicted octanol–water partition coefficient (Wildman–Crippen LogP) is 3.70. The van der Waals surface area contributed by atoms with Gasteiger partial charge in [-0.15, -0.1) is 0 Å². The van der Waals surface area contributed by atoms with Crippen molar-refractivity contribution < 1.29 is 0 Å². The first-order valence-electron chi connectivity index (χ1n) is 4.55. The van der Waals surface area contributed by atoms with E-state index in [1.54, 1.807) is 5.57 Å². The van der Waals surface area contributed by atoms with Crippen LogP contribution in [0.3, 0.4) is 0 Å². The highest BCUT2D eigenvalue weighted by Gasteiger charge is 2.21. The van der Waals surface area contributed by atoms with Crippen LogP contribution in [0.25, 0.3) is 0 Å². The van der Waals surface area contributed by atoms with E-state index in [0.717, 1.165) is 0 Å². The minimum atomic E-state index is 0.342. The molecule has 0 nitrogen and oxygen atoms in total. The molecule has 0 saturated carbocycles. The van der Waals surface area contributed by atoms with Gasteiger partial charge in [-0.05, 0) is 12.8 Å². The van der Waals surface area contributed by atoms with Gasteiger partial charge in [0.25, 0.3) is 0 Å². The quantitative estimate of drug-likeness (QED) is 0.575. The molecule has 0 radical (unpaired) electrons. The van der Waals surface area contributed by atoms with Crippen LogP contribution in [0.2, 0.25) is 0 Å². The van der Waals surface area contributed by atoms with E-state index in [1.165, 1.54) is 19.3 Å². The minimum Gasteiger partial charge on any atom is -0.0748 e. The number of hydrogen-bond acceptors (Lipinski definition) is 0. The molecule has 11 heavy (non-hydrogen) atoms. The molecule has 1 aliphatic carbocycles. The topological polar surface area (TPSA) is 0 Å². The molecule has 0 bridgehead atoms. The summed E-state index contributed by atoms with van der Waals surface area (Å²) < 4.78 is 0. The van der Waals surface area contributed by atoms with Crippen molar-refractivity contribution in [3.05, 3.63) is 23.8 Å². The largest absolute Gasteiger partial charge is 0.0748 e. The minimum absolute atomic E-state index is 0.342. The summed E-state index contributed by atoms with van der Waals surface area (Å²) in [4.78, 5) is 0. The van der Waals surface area contributed by atoms with E-state index in [4.69, 9.17) is 0 Å². The first-order chi connectivity index (χ1) is 5.17. The van der Waals surface area contributed by atoms with Gasteiger partial charge in [-0.3, -0.25) is 0 Å². The molecule has 0 unspecified atom stereocenters. The smallest absolute Gasteiger partial charge is 0.00404 e. The van der Waals surface area contributed by atoms with Gasteiger partial charge >= 0.3 is 0 Å². The molecule has 0 saturated heterocycles. The van der Waals surface area contributed by atoms with E-state index in [0.29, 0.717) is 5.41 Å². The lowest BCUT2D eigenvalue weighted by Gasteiger charge is -2.20. The van der Waals surface area contributed by atoms with E-state index in [-0.39, 0.29) is 0 Å². The summed E-state index contributed by atoms with van der Waals surface area (Å²) in [6.45, 7) is 6.83. The number of hydrogen-bond donors (Lipinski definition) is 0. The summed E-state index contributed by atoms with van der Waals surface area (Å²) in [6.07, 6.45) is 10.7. The lowest BCUT2D eigenvalue weighted by Crippen LogP contribution is -2.07. The molecule has 0 atom stereocenters. The fraction of sp³-hybridized carbons (Fsp3) is 0.636. The summed E-state index contributed by atoms with van der Waals surface area (Å²) in [6, 6.07) is 0. The molecule has 0 heteroatoms. The van der Waals surface area contributed by atoms with Crippen molar-refractivity contribution in [2.24, 2.45) is 5.41 Å². The maximum absolute atomic E-state index is 2.29. The fourth-order valence-electron chi connectivity index (χ4n) is 1.50. The predicted molar refractivity (Wildman–Crippen MR) is 50.5 cm³/mol. The van der Waals surface area contributed by atoms with E-state index >= 15 is 0 Å². The van der Waals surface area contributed by atoms with Gasteiger partial charge in [-0.25, -0.2) is 0 Å². The van der Waals surface area contributed by atoms with Gasteiger partial charge in [0.1, 0.15) is 0 Å². The molecule has 0 aromatic carbocycles. The molecule has 0 N–H and O–H groups in total. The Morgan fingerprint density at radius 1 is 1.36 bits per heavy atom.